The summed E-state index contributed by atoms with van der Waals surface area (Å²) in [5.41, 5.74) is 1.23. The third-order valence-electron chi connectivity index (χ3n) is 3.09. The molecule has 2 aromatic rings. The van der Waals surface area contributed by atoms with Crippen LogP contribution in [0.3, 0.4) is 0 Å². The predicted molar refractivity (Wildman–Crippen MR) is 91.5 cm³/mol. The molecule has 0 fully saturated rings. The molecule has 0 aliphatic rings. The minimum absolute atomic E-state index is 0.0756. The molecule has 0 atom stereocenters. The fraction of sp³-hybridized carbons (Fsp3) is 0.133. The number of carbonyl (C=O) groups excluding carboxylic acids is 1. The number of sulfonamides is 1. The van der Waals surface area contributed by atoms with Crippen molar-refractivity contribution in [3.8, 4) is 0 Å². The van der Waals surface area contributed by atoms with E-state index in [1.807, 2.05) is 0 Å². The largest absolute Gasteiger partial charge is 0.325 e. The number of halogens is 2. The first kappa shape index (κ1) is 17.7. The van der Waals surface area contributed by atoms with Crippen molar-refractivity contribution in [2.24, 2.45) is 0 Å². The second-order valence-corrected chi connectivity index (χ2v) is 7.27. The van der Waals surface area contributed by atoms with Gasteiger partial charge in [0.05, 0.1) is 11.6 Å². The lowest BCUT2D eigenvalue weighted by Crippen LogP contribution is -2.33. The van der Waals surface area contributed by atoms with E-state index in [-0.39, 0.29) is 9.92 Å². The molecule has 0 bridgehead atoms. The Bertz CT molecular complexity index is 838. The molecule has 0 unspecified atom stereocenters. The summed E-state index contributed by atoms with van der Waals surface area (Å²) in [6, 6.07) is 11.1. The first-order chi connectivity index (χ1) is 10.8. The lowest BCUT2D eigenvalue weighted by atomic mass is 10.2. The fourth-order valence-electron chi connectivity index (χ4n) is 1.84. The molecular weight excluding hydrogens is 359 g/mol. The Labute approximate surface area is 144 Å². The Kier molecular flexibility index (Phi) is 5.64. The Hall–Kier alpha value is -1.60. The Morgan fingerprint density at radius 1 is 1.04 bits per heavy atom. The van der Waals surface area contributed by atoms with Gasteiger partial charge in [0, 0.05) is 10.7 Å². The molecule has 23 heavy (non-hydrogen) atoms. The maximum absolute atomic E-state index is 12.1. The van der Waals surface area contributed by atoms with Crippen molar-refractivity contribution in [2.75, 3.05) is 11.9 Å². The van der Waals surface area contributed by atoms with E-state index in [1.54, 1.807) is 37.3 Å². The number of benzene rings is 2. The Morgan fingerprint density at radius 3 is 2.39 bits per heavy atom. The van der Waals surface area contributed by atoms with Crippen LogP contribution < -0.4 is 10.0 Å². The second-order valence-electron chi connectivity index (χ2n) is 4.72. The van der Waals surface area contributed by atoms with Gasteiger partial charge >= 0.3 is 0 Å². The SMILES string of the molecule is Cc1c(Cl)cccc1NC(=O)CNS(=O)(=O)c1ccccc1Cl. The van der Waals surface area contributed by atoms with Crippen LogP contribution in [0.25, 0.3) is 0 Å². The molecule has 0 spiro atoms. The molecule has 5 nitrogen and oxygen atoms in total. The van der Waals surface area contributed by atoms with Crippen LogP contribution in [-0.2, 0) is 14.8 Å². The molecule has 2 aromatic carbocycles. The summed E-state index contributed by atoms with van der Waals surface area (Å²) in [5.74, 6) is -0.508. The van der Waals surface area contributed by atoms with Crippen molar-refractivity contribution in [3.05, 3.63) is 58.1 Å². The van der Waals surface area contributed by atoms with Crippen LogP contribution in [0.4, 0.5) is 5.69 Å². The quantitative estimate of drug-likeness (QED) is 0.845. The van der Waals surface area contributed by atoms with Gasteiger partial charge in [-0.1, -0.05) is 41.4 Å². The van der Waals surface area contributed by atoms with Gasteiger partial charge in [0.15, 0.2) is 0 Å². The zero-order valence-corrected chi connectivity index (χ0v) is 14.5. The van der Waals surface area contributed by atoms with E-state index in [9.17, 15) is 13.2 Å². The number of amides is 1. The number of anilines is 1. The molecule has 0 heterocycles. The van der Waals surface area contributed by atoms with E-state index in [0.29, 0.717) is 16.3 Å². The molecule has 0 aliphatic heterocycles. The zero-order valence-electron chi connectivity index (χ0n) is 12.1. The molecule has 0 saturated heterocycles. The molecule has 1 amide bonds. The summed E-state index contributed by atoms with van der Waals surface area (Å²) in [6.07, 6.45) is 0. The third kappa shape index (κ3) is 4.45. The molecule has 2 rings (SSSR count). The summed E-state index contributed by atoms with van der Waals surface area (Å²) in [4.78, 5) is 11.8. The average molecular weight is 373 g/mol. The Morgan fingerprint density at radius 2 is 1.70 bits per heavy atom. The van der Waals surface area contributed by atoms with Gasteiger partial charge in [-0.15, -0.1) is 0 Å². The van der Waals surface area contributed by atoms with Gasteiger partial charge in [-0.3, -0.25) is 4.79 Å². The van der Waals surface area contributed by atoms with Gasteiger partial charge in [-0.05, 0) is 36.8 Å². The van der Waals surface area contributed by atoms with E-state index < -0.39 is 22.5 Å². The molecule has 0 saturated carbocycles. The topological polar surface area (TPSA) is 75.3 Å². The van der Waals surface area contributed by atoms with Gasteiger partial charge in [-0.2, -0.15) is 0 Å². The van der Waals surface area contributed by atoms with Crippen LogP contribution in [0.2, 0.25) is 10.0 Å². The van der Waals surface area contributed by atoms with E-state index in [0.717, 1.165) is 0 Å². The fourth-order valence-corrected chi connectivity index (χ4v) is 3.51. The van der Waals surface area contributed by atoms with Gasteiger partial charge in [0.2, 0.25) is 15.9 Å². The van der Waals surface area contributed by atoms with Crippen molar-refractivity contribution in [3.63, 3.8) is 0 Å². The van der Waals surface area contributed by atoms with Crippen LogP contribution in [0, 0.1) is 6.92 Å². The predicted octanol–water partition coefficient (Wildman–Crippen LogP) is 3.22. The van der Waals surface area contributed by atoms with Crippen LogP contribution in [0.1, 0.15) is 5.56 Å². The standard InChI is InChI=1S/C15H14Cl2N2O3S/c1-10-11(16)6-4-7-13(10)19-15(20)9-18-23(21,22)14-8-3-2-5-12(14)17/h2-8,18H,9H2,1H3,(H,19,20). The van der Waals surface area contributed by atoms with E-state index in [1.165, 1.54) is 12.1 Å². The minimum atomic E-state index is -3.87. The van der Waals surface area contributed by atoms with Crippen LogP contribution in [-0.4, -0.2) is 20.9 Å². The van der Waals surface area contributed by atoms with Crippen molar-refractivity contribution in [2.45, 2.75) is 11.8 Å². The van der Waals surface area contributed by atoms with E-state index in [2.05, 4.69) is 10.0 Å². The number of carbonyl (C=O) groups is 1. The maximum Gasteiger partial charge on any atom is 0.242 e. The maximum atomic E-state index is 12.1. The summed E-state index contributed by atoms with van der Waals surface area (Å²) < 4.78 is 26.5. The highest BCUT2D eigenvalue weighted by molar-refractivity contribution is 7.89. The molecule has 0 radical (unpaired) electrons. The third-order valence-corrected chi connectivity index (χ3v) is 5.40. The molecule has 0 aromatic heterocycles. The summed E-state index contributed by atoms with van der Waals surface area (Å²) in [7, 11) is -3.87. The summed E-state index contributed by atoms with van der Waals surface area (Å²) in [5, 5.41) is 3.21. The second kappa shape index (κ2) is 7.31. The average Bonchev–Trinajstić information content (AvgIpc) is 2.50. The van der Waals surface area contributed by atoms with Crippen molar-refractivity contribution in [1.82, 2.24) is 4.72 Å². The lowest BCUT2D eigenvalue weighted by molar-refractivity contribution is -0.115. The first-order valence-electron chi connectivity index (χ1n) is 6.60. The van der Waals surface area contributed by atoms with E-state index >= 15 is 0 Å². The smallest absolute Gasteiger partial charge is 0.242 e. The normalized spacial score (nSPS) is 11.3. The molecule has 8 heteroatoms. The van der Waals surface area contributed by atoms with Gasteiger partial charge in [0.1, 0.15) is 4.90 Å². The minimum Gasteiger partial charge on any atom is -0.325 e. The molecule has 0 aliphatic carbocycles. The number of hydrogen-bond donors (Lipinski definition) is 2. The highest BCUT2D eigenvalue weighted by Gasteiger charge is 2.18. The molecular formula is C15H14Cl2N2O3S. The van der Waals surface area contributed by atoms with Gasteiger partial charge in [-0.25, -0.2) is 13.1 Å². The number of nitrogens with one attached hydrogen (secondary N) is 2. The van der Waals surface area contributed by atoms with Gasteiger partial charge in [0.25, 0.3) is 0 Å². The summed E-state index contributed by atoms with van der Waals surface area (Å²) >= 11 is 11.8. The molecule has 122 valence electrons. The van der Waals surface area contributed by atoms with Crippen molar-refractivity contribution in [1.29, 1.82) is 0 Å². The van der Waals surface area contributed by atoms with Crippen LogP contribution >= 0.6 is 23.2 Å². The van der Waals surface area contributed by atoms with Gasteiger partial charge < -0.3 is 5.32 Å². The Balaban J connectivity index is 2.04. The van der Waals surface area contributed by atoms with E-state index in [4.69, 9.17) is 23.2 Å². The van der Waals surface area contributed by atoms with Crippen molar-refractivity contribution >= 4 is 44.8 Å². The first-order valence-corrected chi connectivity index (χ1v) is 8.84. The zero-order chi connectivity index (χ0) is 17.0. The van der Waals surface area contributed by atoms with Crippen molar-refractivity contribution < 1.29 is 13.2 Å². The van der Waals surface area contributed by atoms with Crippen LogP contribution in [0.15, 0.2) is 47.4 Å². The monoisotopic (exact) mass is 372 g/mol. The highest BCUT2D eigenvalue weighted by Crippen LogP contribution is 2.23. The molecule has 2 N–H and O–H groups in total. The number of hydrogen-bond acceptors (Lipinski definition) is 3. The summed E-state index contributed by atoms with van der Waals surface area (Å²) in [6.45, 7) is 1.34. The highest BCUT2D eigenvalue weighted by atomic mass is 35.5. The number of rotatable bonds is 5. The van der Waals surface area contributed by atoms with Crippen LogP contribution in [0.5, 0.6) is 0 Å². The lowest BCUT2D eigenvalue weighted by Gasteiger charge is -2.11.